The van der Waals surface area contributed by atoms with Crippen LogP contribution in [-0.4, -0.2) is 18.4 Å². The lowest BCUT2D eigenvalue weighted by Crippen LogP contribution is -2.30. The Kier molecular flexibility index (Phi) is 4.43. The Hall–Kier alpha value is -1.73. The Balaban J connectivity index is 2.39. The highest BCUT2D eigenvalue weighted by atomic mass is 32.2. The zero-order chi connectivity index (χ0) is 15.6. The summed E-state index contributed by atoms with van der Waals surface area (Å²) < 4.78 is 41.1. The highest BCUT2D eigenvalue weighted by Crippen LogP contribution is 2.24. The number of sulfonamides is 1. The summed E-state index contributed by atoms with van der Waals surface area (Å²) in [5.74, 6) is 0.112. The van der Waals surface area contributed by atoms with Crippen LogP contribution in [0.25, 0.3) is 0 Å². The van der Waals surface area contributed by atoms with Gasteiger partial charge in [-0.2, -0.15) is 0 Å². The van der Waals surface area contributed by atoms with Crippen LogP contribution in [0.15, 0.2) is 29.4 Å². The van der Waals surface area contributed by atoms with Gasteiger partial charge < -0.3 is 4.98 Å². The molecule has 0 bridgehead atoms. The number of aromatic amines is 1. The van der Waals surface area contributed by atoms with E-state index in [0.29, 0.717) is 23.4 Å². The summed E-state index contributed by atoms with van der Waals surface area (Å²) in [6, 6.07) is 1.99. The van der Waals surface area contributed by atoms with Gasteiger partial charge in [0.05, 0.1) is 10.9 Å². The van der Waals surface area contributed by atoms with E-state index in [-0.39, 0.29) is 4.90 Å². The summed E-state index contributed by atoms with van der Waals surface area (Å²) in [4.78, 5) is 7.10. The first-order valence-electron chi connectivity index (χ1n) is 6.63. The van der Waals surface area contributed by atoms with Crippen LogP contribution < -0.4 is 4.72 Å². The van der Waals surface area contributed by atoms with Crippen LogP contribution >= 0.6 is 0 Å². The van der Waals surface area contributed by atoms with Crippen molar-refractivity contribution >= 4 is 10.0 Å². The number of nitrogens with one attached hydrogen (secondary N) is 2. The first-order valence-corrected chi connectivity index (χ1v) is 8.11. The van der Waals surface area contributed by atoms with Crippen molar-refractivity contribution in [2.24, 2.45) is 0 Å². The molecule has 0 aliphatic heterocycles. The van der Waals surface area contributed by atoms with Crippen molar-refractivity contribution in [2.45, 2.75) is 38.1 Å². The van der Waals surface area contributed by atoms with Crippen molar-refractivity contribution in [3.05, 3.63) is 47.3 Å². The van der Waals surface area contributed by atoms with Gasteiger partial charge in [-0.3, -0.25) is 0 Å². The highest BCUT2D eigenvalue weighted by molar-refractivity contribution is 7.89. The zero-order valence-electron chi connectivity index (χ0n) is 12.1. The molecule has 1 atom stereocenters. The molecule has 0 saturated carbocycles. The molecule has 1 aromatic heterocycles. The first-order chi connectivity index (χ1) is 9.85. The van der Waals surface area contributed by atoms with Crippen molar-refractivity contribution < 1.29 is 12.8 Å². The predicted octanol–water partition coefficient (Wildman–Crippen LogP) is 2.60. The molecule has 2 aromatic rings. The first kappa shape index (κ1) is 15.7. The molecular formula is C14H18FN3O2S. The molecule has 1 heterocycles. The predicted molar refractivity (Wildman–Crippen MR) is 77.8 cm³/mol. The Morgan fingerprint density at radius 3 is 2.43 bits per heavy atom. The monoisotopic (exact) mass is 311 g/mol. The molecule has 0 radical (unpaired) electrons. The maximum Gasteiger partial charge on any atom is 0.241 e. The Labute approximate surface area is 123 Å². The number of nitrogens with zero attached hydrogens (tertiary/aromatic N) is 1. The molecule has 2 rings (SSSR count). The third-order valence-electron chi connectivity index (χ3n) is 3.25. The van der Waals surface area contributed by atoms with Crippen molar-refractivity contribution in [1.82, 2.24) is 14.7 Å². The number of hydrogen-bond acceptors (Lipinski definition) is 3. The van der Waals surface area contributed by atoms with E-state index in [2.05, 4.69) is 14.7 Å². The van der Waals surface area contributed by atoms with Gasteiger partial charge in [0.25, 0.3) is 0 Å². The molecule has 7 heteroatoms. The summed E-state index contributed by atoms with van der Waals surface area (Å²) in [7, 11) is -3.75. The van der Waals surface area contributed by atoms with Gasteiger partial charge in [0.15, 0.2) is 0 Å². The van der Waals surface area contributed by atoms with Crippen molar-refractivity contribution in [3.8, 4) is 0 Å². The third kappa shape index (κ3) is 3.30. The Bertz CT molecular complexity index is 704. The average Bonchev–Trinajstić information content (AvgIpc) is 2.87. The van der Waals surface area contributed by atoms with Gasteiger partial charge in [0, 0.05) is 12.4 Å². The van der Waals surface area contributed by atoms with Gasteiger partial charge in [-0.05, 0) is 43.5 Å². The number of halogens is 1. The zero-order valence-corrected chi connectivity index (χ0v) is 13.0. The van der Waals surface area contributed by atoms with Gasteiger partial charge >= 0.3 is 0 Å². The number of imidazole rings is 1. The van der Waals surface area contributed by atoms with Gasteiger partial charge in [0.2, 0.25) is 10.0 Å². The molecule has 0 amide bonds. The number of H-pyrrole nitrogens is 1. The molecule has 2 N–H and O–H groups in total. The lowest BCUT2D eigenvalue weighted by molar-refractivity contribution is 0.538. The minimum absolute atomic E-state index is 0.119. The van der Waals surface area contributed by atoms with Crippen LogP contribution in [0, 0.1) is 19.7 Å². The fraction of sp³-hybridized carbons (Fsp3) is 0.357. The smallest absolute Gasteiger partial charge is 0.241 e. The summed E-state index contributed by atoms with van der Waals surface area (Å²) in [5.41, 5.74) is 0.767. The molecule has 0 aliphatic carbocycles. The third-order valence-corrected chi connectivity index (χ3v) is 5.03. The Morgan fingerprint density at radius 1 is 1.33 bits per heavy atom. The van der Waals surface area contributed by atoms with Crippen molar-refractivity contribution in [2.75, 3.05) is 0 Å². The summed E-state index contributed by atoms with van der Waals surface area (Å²) in [6.07, 6.45) is 3.76. The number of aryl methyl sites for hydroxylation is 2. The number of benzene rings is 1. The average molecular weight is 311 g/mol. The van der Waals surface area contributed by atoms with E-state index in [9.17, 15) is 12.8 Å². The van der Waals surface area contributed by atoms with E-state index in [0.717, 1.165) is 0 Å². The molecule has 0 saturated heterocycles. The fourth-order valence-corrected chi connectivity index (χ4v) is 4.10. The standard InChI is InChI=1S/C14H18FN3O2S/c1-4-12(14-16-5-6-17-14)18-21(19,20)13-9(2)7-11(15)8-10(13)3/h5-8,12,18H,4H2,1-3H3,(H,16,17). The van der Waals surface area contributed by atoms with E-state index in [1.165, 1.54) is 12.1 Å². The fourth-order valence-electron chi connectivity index (χ4n) is 2.37. The van der Waals surface area contributed by atoms with E-state index in [1.54, 1.807) is 26.2 Å². The van der Waals surface area contributed by atoms with E-state index in [4.69, 9.17) is 0 Å². The lowest BCUT2D eigenvalue weighted by atomic mass is 10.1. The largest absolute Gasteiger partial charge is 0.347 e. The molecule has 5 nitrogen and oxygen atoms in total. The van der Waals surface area contributed by atoms with Crippen LogP contribution in [0.4, 0.5) is 4.39 Å². The SMILES string of the molecule is CCC(NS(=O)(=O)c1c(C)cc(F)cc1C)c1ncc[nH]1. The molecule has 0 fully saturated rings. The number of rotatable bonds is 5. The second-order valence-corrected chi connectivity index (χ2v) is 6.58. The molecule has 0 spiro atoms. The van der Waals surface area contributed by atoms with Crippen LogP contribution in [0.1, 0.15) is 36.3 Å². The number of aromatic nitrogens is 2. The van der Waals surface area contributed by atoms with E-state index in [1.807, 2.05) is 6.92 Å². The normalized spacial score (nSPS) is 13.3. The van der Waals surface area contributed by atoms with Crippen molar-refractivity contribution in [3.63, 3.8) is 0 Å². The summed E-state index contributed by atoms with van der Waals surface area (Å²) >= 11 is 0. The molecule has 1 unspecified atom stereocenters. The van der Waals surface area contributed by atoms with Gasteiger partial charge in [-0.15, -0.1) is 0 Å². The maximum atomic E-state index is 13.3. The van der Waals surface area contributed by atoms with Crippen LogP contribution in [-0.2, 0) is 10.0 Å². The second kappa shape index (κ2) is 5.95. The molecule has 1 aromatic carbocycles. The van der Waals surface area contributed by atoms with Crippen LogP contribution in [0.3, 0.4) is 0 Å². The topological polar surface area (TPSA) is 74.8 Å². The minimum atomic E-state index is -3.75. The van der Waals surface area contributed by atoms with Gasteiger partial charge in [0.1, 0.15) is 11.6 Å². The lowest BCUT2D eigenvalue weighted by Gasteiger charge is -2.17. The van der Waals surface area contributed by atoms with Crippen LogP contribution in [0.2, 0.25) is 0 Å². The number of hydrogen-bond donors (Lipinski definition) is 2. The van der Waals surface area contributed by atoms with Crippen molar-refractivity contribution in [1.29, 1.82) is 0 Å². The molecule has 114 valence electrons. The maximum absolute atomic E-state index is 13.3. The Morgan fingerprint density at radius 2 is 1.95 bits per heavy atom. The van der Waals surface area contributed by atoms with Gasteiger partial charge in [-0.1, -0.05) is 6.92 Å². The van der Waals surface area contributed by atoms with Crippen LogP contribution in [0.5, 0.6) is 0 Å². The minimum Gasteiger partial charge on any atom is -0.347 e. The van der Waals surface area contributed by atoms with E-state index < -0.39 is 21.9 Å². The molecule has 0 aliphatic rings. The van der Waals surface area contributed by atoms with Gasteiger partial charge in [-0.25, -0.2) is 22.5 Å². The second-order valence-electron chi connectivity index (χ2n) is 4.93. The molecular weight excluding hydrogens is 293 g/mol. The van der Waals surface area contributed by atoms with E-state index >= 15 is 0 Å². The summed E-state index contributed by atoms with van der Waals surface area (Å²) in [6.45, 7) is 5.02. The quantitative estimate of drug-likeness (QED) is 0.891. The highest BCUT2D eigenvalue weighted by Gasteiger charge is 2.25. The summed E-state index contributed by atoms with van der Waals surface area (Å²) in [5, 5.41) is 0. The molecule has 21 heavy (non-hydrogen) atoms.